The molecule has 0 amide bonds. The van der Waals surface area contributed by atoms with E-state index in [0.717, 1.165) is 6.07 Å². The van der Waals surface area contributed by atoms with E-state index in [0.29, 0.717) is 6.29 Å². The molecule has 0 fully saturated rings. The van der Waals surface area contributed by atoms with E-state index in [2.05, 4.69) is 4.98 Å². The van der Waals surface area contributed by atoms with Crippen molar-refractivity contribution in [2.45, 2.75) is 13.0 Å². The third kappa shape index (κ3) is 1.85. The summed E-state index contributed by atoms with van der Waals surface area (Å²) in [6.07, 6.45) is -2.52. The average molecular weight is 202 g/mol. The number of pyridine rings is 1. The third-order valence-corrected chi connectivity index (χ3v) is 1.75. The molecule has 4 nitrogen and oxygen atoms in total. The second-order valence-corrected chi connectivity index (χ2v) is 2.61. The van der Waals surface area contributed by atoms with Crippen LogP contribution in [0.4, 0.5) is 8.78 Å². The van der Waals surface area contributed by atoms with Gasteiger partial charge in [0.2, 0.25) is 0 Å². The first kappa shape index (κ1) is 10.5. The lowest BCUT2D eigenvalue weighted by Gasteiger charge is -2.04. The Morgan fingerprint density at radius 1 is 1.57 bits per heavy atom. The summed E-state index contributed by atoms with van der Waals surface area (Å²) in [5.74, 6) is 0. The number of nitrogens with one attached hydrogen (secondary N) is 1. The fourth-order valence-corrected chi connectivity index (χ4v) is 1.04. The Hall–Kier alpha value is -1.56. The molecule has 1 aromatic heterocycles. The second kappa shape index (κ2) is 4.10. The van der Waals surface area contributed by atoms with Crippen LogP contribution in [0.1, 0.15) is 28.0 Å². The Balaban J connectivity index is 3.38. The van der Waals surface area contributed by atoms with Gasteiger partial charge in [0.05, 0.1) is 5.56 Å². The molecular weight excluding hydrogens is 194 g/mol. The molecule has 0 aromatic carbocycles. The highest BCUT2D eigenvalue weighted by atomic mass is 19.3. The van der Waals surface area contributed by atoms with Crippen molar-refractivity contribution in [3.63, 3.8) is 0 Å². The molecule has 0 radical (unpaired) electrons. The lowest BCUT2D eigenvalue weighted by atomic mass is 10.1. The highest BCUT2D eigenvalue weighted by Gasteiger charge is 2.14. The van der Waals surface area contributed by atoms with E-state index < -0.39 is 17.5 Å². The normalized spacial score (nSPS) is 10.6. The van der Waals surface area contributed by atoms with Crippen molar-refractivity contribution in [1.82, 2.24) is 4.98 Å². The SMILES string of the molecule is NCc1[nH]c(=O)c(C(F)F)cc1C=O. The molecule has 1 aromatic rings. The van der Waals surface area contributed by atoms with Crippen LogP contribution in [0, 0.1) is 0 Å². The highest BCUT2D eigenvalue weighted by Crippen LogP contribution is 2.15. The molecule has 6 heteroatoms. The first-order valence-corrected chi connectivity index (χ1v) is 3.79. The number of carbonyl (C=O) groups excluding carboxylic acids is 1. The van der Waals surface area contributed by atoms with Gasteiger partial charge in [-0.2, -0.15) is 0 Å². The summed E-state index contributed by atoms with van der Waals surface area (Å²) in [7, 11) is 0. The summed E-state index contributed by atoms with van der Waals surface area (Å²) in [4.78, 5) is 23.6. The van der Waals surface area contributed by atoms with Gasteiger partial charge in [-0.15, -0.1) is 0 Å². The number of alkyl halides is 2. The predicted octanol–water partition coefficient (Wildman–Crippen LogP) is 0.584. The fraction of sp³-hybridized carbons (Fsp3) is 0.250. The second-order valence-electron chi connectivity index (χ2n) is 2.61. The van der Waals surface area contributed by atoms with Crippen LogP contribution in [-0.2, 0) is 6.54 Å². The van der Waals surface area contributed by atoms with Gasteiger partial charge in [-0.05, 0) is 6.07 Å². The molecule has 0 saturated carbocycles. The molecule has 0 aliphatic carbocycles. The number of aldehydes is 1. The van der Waals surface area contributed by atoms with Gasteiger partial charge in [0, 0.05) is 17.8 Å². The van der Waals surface area contributed by atoms with Gasteiger partial charge in [0.1, 0.15) is 0 Å². The molecule has 1 rings (SSSR count). The van der Waals surface area contributed by atoms with Crippen molar-refractivity contribution in [1.29, 1.82) is 0 Å². The fourth-order valence-electron chi connectivity index (χ4n) is 1.04. The maximum atomic E-state index is 12.2. The number of hydrogen-bond donors (Lipinski definition) is 2. The number of hydrogen-bond acceptors (Lipinski definition) is 3. The van der Waals surface area contributed by atoms with Crippen LogP contribution in [0.5, 0.6) is 0 Å². The van der Waals surface area contributed by atoms with Crippen LogP contribution in [0.3, 0.4) is 0 Å². The van der Waals surface area contributed by atoms with Gasteiger partial charge in [0.15, 0.2) is 6.29 Å². The smallest absolute Gasteiger partial charge is 0.269 e. The molecule has 0 saturated heterocycles. The molecule has 0 spiro atoms. The largest absolute Gasteiger partial charge is 0.325 e. The van der Waals surface area contributed by atoms with Crippen LogP contribution in [0.2, 0.25) is 0 Å². The van der Waals surface area contributed by atoms with Crippen molar-refractivity contribution in [2.75, 3.05) is 0 Å². The number of H-pyrrole nitrogens is 1. The summed E-state index contributed by atoms with van der Waals surface area (Å²) in [6, 6.07) is 0.860. The minimum atomic E-state index is -2.90. The maximum absolute atomic E-state index is 12.2. The number of rotatable bonds is 3. The summed E-state index contributed by atoms with van der Waals surface area (Å²) >= 11 is 0. The van der Waals surface area contributed by atoms with Gasteiger partial charge in [-0.3, -0.25) is 9.59 Å². The molecule has 0 bridgehead atoms. The van der Waals surface area contributed by atoms with E-state index >= 15 is 0 Å². The van der Waals surface area contributed by atoms with E-state index in [4.69, 9.17) is 5.73 Å². The van der Waals surface area contributed by atoms with Gasteiger partial charge in [-0.1, -0.05) is 0 Å². The monoisotopic (exact) mass is 202 g/mol. The predicted molar refractivity (Wildman–Crippen MR) is 45.3 cm³/mol. The molecule has 0 aliphatic heterocycles. The van der Waals surface area contributed by atoms with E-state index in [9.17, 15) is 18.4 Å². The van der Waals surface area contributed by atoms with Crippen molar-refractivity contribution in [3.05, 3.63) is 33.2 Å². The van der Waals surface area contributed by atoms with Gasteiger partial charge >= 0.3 is 0 Å². The van der Waals surface area contributed by atoms with Crippen LogP contribution >= 0.6 is 0 Å². The minimum absolute atomic E-state index is 0.0117. The molecule has 0 aliphatic rings. The van der Waals surface area contributed by atoms with Gasteiger partial charge in [0.25, 0.3) is 12.0 Å². The van der Waals surface area contributed by atoms with Crippen LogP contribution < -0.4 is 11.3 Å². The molecule has 3 N–H and O–H groups in total. The number of carbonyl (C=O) groups is 1. The molecule has 14 heavy (non-hydrogen) atoms. The quantitative estimate of drug-likeness (QED) is 0.704. The summed E-state index contributed by atoms with van der Waals surface area (Å²) in [5.41, 5.74) is 3.73. The Kier molecular flexibility index (Phi) is 3.08. The zero-order valence-electron chi connectivity index (χ0n) is 7.09. The molecule has 0 unspecified atom stereocenters. The Bertz CT molecular complexity index is 401. The Labute approximate surface area is 77.7 Å². The van der Waals surface area contributed by atoms with Crippen molar-refractivity contribution in [2.24, 2.45) is 5.73 Å². The topological polar surface area (TPSA) is 76.0 Å². The summed E-state index contributed by atoms with van der Waals surface area (Å²) in [6.45, 7) is -0.0766. The Morgan fingerprint density at radius 3 is 2.64 bits per heavy atom. The number of halogens is 2. The molecular formula is C8H8F2N2O2. The first-order chi connectivity index (χ1) is 6.60. The van der Waals surface area contributed by atoms with Crippen LogP contribution in [-0.4, -0.2) is 11.3 Å². The standard InChI is InChI=1S/C8H8F2N2O2/c9-7(10)5-1-4(3-13)6(2-11)12-8(5)14/h1,3,7H,2,11H2,(H,12,14). The molecule has 0 atom stereocenters. The minimum Gasteiger partial charge on any atom is -0.325 e. The zero-order chi connectivity index (χ0) is 10.7. The van der Waals surface area contributed by atoms with E-state index in [1.165, 1.54) is 0 Å². The van der Waals surface area contributed by atoms with Crippen molar-refractivity contribution in [3.8, 4) is 0 Å². The van der Waals surface area contributed by atoms with Crippen LogP contribution in [0.15, 0.2) is 10.9 Å². The number of aromatic nitrogens is 1. The maximum Gasteiger partial charge on any atom is 0.269 e. The summed E-state index contributed by atoms with van der Waals surface area (Å²) in [5, 5.41) is 0. The first-order valence-electron chi connectivity index (χ1n) is 3.79. The highest BCUT2D eigenvalue weighted by molar-refractivity contribution is 5.76. The van der Waals surface area contributed by atoms with E-state index in [-0.39, 0.29) is 17.8 Å². The summed E-state index contributed by atoms with van der Waals surface area (Å²) < 4.78 is 24.4. The average Bonchev–Trinajstić information content (AvgIpc) is 2.16. The Morgan fingerprint density at radius 2 is 2.21 bits per heavy atom. The van der Waals surface area contributed by atoms with Crippen molar-refractivity contribution < 1.29 is 13.6 Å². The molecule has 1 heterocycles. The number of nitrogens with two attached hydrogens (primary N) is 1. The zero-order valence-corrected chi connectivity index (χ0v) is 7.09. The third-order valence-electron chi connectivity index (χ3n) is 1.75. The lowest BCUT2D eigenvalue weighted by molar-refractivity contribution is 0.112. The van der Waals surface area contributed by atoms with Gasteiger partial charge in [-0.25, -0.2) is 8.78 Å². The van der Waals surface area contributed by atoms with Crippen LogP contribution in [0.25, 0.3) is 0 Å². The van der Waals surface area contributed by atoms with Gasteiger partial charge < -0.3 is 10.7 Å². The van der Waals surface area contributed by atoms with Crippen molar-refractivity contribution >= 4 is 6.29 Å². The lowest BCUT2D eigenvalue weighted by Crippen LogP contribution is -2.18. The van der Waals surface area contributed by atoms with E-state index in [1.54, 1.807) is 0 Å². The molecule has 76 valence electrons. The number of aromatic amines is 1. The van der Waals surface area contributed by atoms with E-state index in [1.807, 2.05) is 0 Å².